The molecular weight excluding hydrogens is 238 g/mol. The monoisotopic (exact) mass is 253 g/mol. The number of anilines is 1. The maximum Gasteiger partial charge on any atom is 0.148 e. The first kappa shape index (κ1) is 11.6. The average molecular weight is 253 g/mol. The number of para-hydroxylation sites is 1. The molecule has 3 aromatic rings. The van der Waals surface area contributed by atoms with Crippen molar-refractivity contribution in [3.63, 3.8) is 0 Å². The van der Waals surface area contributed by atoms with Crippen molar-refractivity contribution in [1.29, 1.82) is 0 Å². The van der Waals surface area contributed by atoms with E-state index in [1.165, 1.54) is 0 Å². The summed E-state index contributed by atoms with van der Waals surface area (Å²) in [4.78, 5) is 4.64. The maximum atomic E-state index is 5.83. The molecule has 3 rings (SSSR count). The molecule has 2 heterocycles. The molecule has 0 spiro atoms. The van der Waals surface area contributed by atoms with Gasteiger partial charge in [-0.2, -0.15) is 0 Å². The zero-order valence-corrected chi connectivity index (χ0v) is 10.9. The number of nitrogens with two attached hydrogens (primary N) is 1. The second-order valence-corrected chi connectivity index (χ2v) is 4.44. The Hall–Kier alpha value is -2.49. The second kappa shape index (κ2) is 4.31. The SMILES string of the molecule is COc1ccccc1-c1nc(C)c2cc(N)ccn12. The summed E-state index contributed by atoms with van der Waals surface area (Å²) < 4.78 is 7.43. The van der Waals surface area contributed by atoms with Gasteiger partial charge < -0.3 is 10.5 Å². The molecule has 0 aliphatic heterocycles. The first-order valence-corrected chi connectivity index (χ1v) is 6.08. The van der Waals surface area contributed by atoms with Gasteiger partial charge in [0, 0.05) is 11.9 Å². The molecule has 0 saturated heterocycles. The Kier molecular flexibility index (Phi) is 2.63. The topological polar surface area (TPSA) is 52.5 Å². The van der Waals surface area contributed by atoms with Gasteiger partial charge in [0.05, 0.1) is 23.9 Å². The zero-order chi connectivity index (χ0) is 13.4. The third kappa shape index (κ3) is 1.81. The third-order valence-corrected chi connectivity index (χ3v) is 3.20. The number of aryl methyl sites for hydroxylation is 1. The number of benzene rings is 1. The van der Waals surface area contributed by atoms with Crippen LogP contribution in [0.3, 0.4) is 0 Å². The number of pyridine rings is 1. The molecule has 0 aliphatic rings. The Balaban J connectivity index is 2.31. The van der Waals surface area contributed by atoms with E-state index < -0.39 is 0 Å². The van der Waals surface area contributed by atoms with E-state index in [0.717, 1.165) is 34.0 Å². The molecule has 0 unspecified atom stereocenters. The van der Waals surface area contributed by atoms with Crippen LogP contribution < -0.4 is 10.5 Å². The normalized spacial score (nSPS) is 10.8. The number of methoxy groups -OCH3 is 1. The fourth-order valence-electron chi connectivity index (χ4n) is 2.27. The highest BCUT2D eigenvalue weighted by molar-refractivity contribution is 5.71. The van der Waals surface area contributed by atoms with E-state index in [2.05, 4.69) is 4.98 Å². The first-order valence-electron chi connectivity index (χ1n) is 6.08. The number of imidazole rings is 1. The lowest BCUT2D eigenvalue weighted by Crippen LogP contribution is -1.94. The molecule has 0 atom stereocenters. The van der Waals surface area contributed by atoms with E-state index in [-0.39, 0.29) is 0 Å². The van der Waals surface area contributed by atoms with Crippen LogP contribution in [0.2, 0.25) is 0 Å². The van der Waals surface area contributed by atoms with Crippen molar-refractivity contribution in [2.75, 3.05) is 12.8 Å². The highest BCUT2D eigenvalue weighted by atomic mass is 16.5. The maximum absolute atomic E-state index is 5.83. The van der Waals surface area contributed by atoms with E-state index in [0.29, 0.717) is 0 Å². The van der Waals surface area contributed by atoms with Crippen molar-refractivity contribution in [2.45, 2.75) is 6.92 Å². The molecular formula is C15H15N3O. The van der Waals surface area contributed by atoms with Crippen LogP contribution in [0, 0.1) is 6.92 Å². The second-order valence-electron chi connectivity index (χ2n) is 4.44. The van der Waals surface area contributed by atoms with E-state index >= 15 is 0 Å². The number of fused-ring (bicyclic) bond motifs is 1. The summed E-state index contributed by atoms with van der Waals surface area (Å²) in [6, 6.07) is 11.7. The molecule has 0 bridgehead atoms. The van der Waals surface area contributed by atoms with Crippen LogP contribution in [0.25, 0.3) is 16.9 Å². The van der Waals surface area contributed by atoms with Gasteiger partial charge in [0.1, 0.15) is 11.6 Å². The number of nitrogens with zero attached hydrogens (tertiary/aromatic N) is 2. The molecule has 1 aromatic carbocycles. The van der Waals surface area contributed by atoms with Crippen LogP contribution >= 0.6 is 0 Å². The standard InChI is InChI=1S/C15H15N3O/c1-10-13-9-11(16)7-8-18(13)15(17-10)12-5-3-4-6-14(12)19-2/h3-9H,16H2,1-2H3. The van der Waals surface area contributed by atoms with Gasteiger partial charge in [0.2, 0.25) is 0 Å². The van der Waals surface area contributed by atoms with E-state index in [1.54, 1.807) is 7.11 Å². The molecule has 2 N–H and O–H groups in total. The fraction of sp³-hybridized carbons (Fsp3) is 0.133. The molecule has 96 valence electrons. The van der Waals surface area contributed by atoms with Gasteiger partial charge in [-0.05, 0) is 31.2 Å². The van der Waals surface area contributed by atoms with Crippen molar-refractivity contribution in [3.05, 3.63) is 48.3 Å². The van der Waals surface area contributed by atoms with Crippen LogP contribution in [-0.4, -0.2) is 16.5 Å². The van der Waals surface area contributed by atoms with Crippen LogP contribution in [-0.2, 0) is 0 Å². The molecule has 0 amide bonds. The number of nitrogen functional groups attached to an aromatic ring is 1. The van der Waals surface area contributed by atoms with Gasteiger partial charge in [-0.1, -0.05) is 12.1 Å². The van der Waals surface area contributed by atoms with Crippen LogP contribution in [0.15, 0.2) is 42.6 Å². The average Bonchev–Trinajstić information content (AvgIpc) is 2.75. The molecule has 0 saturated carbocycles. The van der Waals surface area contributed by atoms with E-state index in [4.69, 9.17) is 10.5 Å². The molecule has 2 aromatic heterocycles. The lowest BCUT2D eigenvalue weighted by molar-refractivity contribution is 0.416. The minimum Gasteiger partial charge on any atom is -0.496 e. The Morgan fingerprint density at radius 1 is 1.21 bits per heavy atom. The van der Waals surface area contributed by atoms with Crippen molar-refractivity contribution < 1.29 is 4.74 Å². The zero-order valence-electron chi connectivity index (χ0n) is 10.9. The summed E-state index contributed by atoms with van der Waals surface area (Å²) in [6.07, 6.45) is 1.94. The number of rotatable bonds is 2. The number of ether oxygens (including phenoxy) is 1. The highest BCUT2D eigenvalue weighted by Gasteiger charge is 2.13. The first-order chi connectivity index (χ1) is 9.20. The van der Waals surface area contributed by atoms with Gasteiger partial charge >= 0.3 is 0 Å². The van der Waals surface area contributed by atoms with Crippen molar-refractivity contribution >= 4 is 11.2 Å². The predicted octanol–water partition coefficient (Wildman–Crippen LogP) is 2.90. The van der Waals surface area contributed by atoms with Crippen molar-refractivity contribution in [3.8, 4) is 17.1 Å². The van der Waals surface area contributed by atoms with Gasteiger partial charge in [0.25, 0.3) is 0 Å². The Morgan fingerprint density at radius 2 is 2.00 bits per heavy atom. The van der Waals surface area contributed by atoms with Gasteiger partial charge in [-0.25, -0.2) is 4.98 Å². The van der Waals surface area contributed by atoms with E-state index in [1.807, 2.05) is 53.9 Å². The fourth-order valence-corrected chi connectivity index (χ4v) is 2.27. The predicted molar refractivity (Wildman–Crippen MR) is 76.3 cm³/mol. The van der Waals surface area contributed by atoms with Crippen LogP contribution in [0.5, 0.6) is 5.75 Å². The summed E-state index contributed by atoms with van der Waals surface area (Å²) in [5.41, 5.74) is 9.51. The van der Waals surface area contributed by atoms with E-state index in [9.17, 15) is 0 Å². The quantitative estimate of drug-likeness (QED) is 0.764. The molecule has 19 heavy (non-hydrogen) atoms. The lowest BCUT2D eigenvalue weighted by Gasteiger charge is -2.07. The van der Waals surface area contributed by atoms with Gasteiger partial charge in [-0.3, -0.25) is 4.40 Å². The van der Waals surface area contributed by atoms with Crippen LogP contribution in [0.4, 0.5) is 5.69 Å². The van der Waals surface area contributed by atoms with Crippen LogP contribution in [0.1, 0.15) is 5.69 Å². The van der Waals surface area contributed by atoms with Gasteiger partial charge in [0.15, 0.2) is 0 Å². The smallest absolute Gasteiger partial charge is 0.148 e. The molecule has 0 aliphatic carbocycles. The summed E-state index contributed by atoms with van der Waals surface area (Å²) in [6.45, 7) is 1.98. The summed E-state index contributed by atoms with van der Waals surface area (Å²) >= 11 is 0. The Morgan fingerprint density at radius 3 is 2.79 bits per heavy atom. The van der Waals surface area contributed by atoms with Crippen molar-refractivity contribution in [1.82, 2.24) is 9.38 Å². The molecule has 0 radical (unpaired) electrons. The summed E-state index contributed by atoms with van der Waals surface area (Å²) in [5, 5.41) is 0. The number of aromatic nitrogens is 2. The molecule has 0 fully saturated rings. The Labute approximate surface area is 111 Å². The summed E-state index contributed by atoms with van der Waals surface area (Å²) in [5.74, 6) is 1.68. The third-order valence-electron chi connectivity index (χ3n) is 3.20. The summed E-state index contributed by atoms with van der Waals surface area (Å²) in [7, 11) is 1.67. The highest BCUT2D eigenvalue weighted by Crippen LogP contribution is 2.30. The van der Waals surface area contributed by atoms with Gasteiger partial charge in [-0.15, -0.1) is 0 Å². The number of hydrogen-bond acceptors (Lipinski definition) is 3. The lowest BCUT2D eigenvalue weighted by atomic mass is 10.2. The number of hydrogen-bond donors (Lipinski definition) is 1. The largest absolute Gasteiger partial charge is 0.496 e. The molecule has 4 heteroatoms. The van der Waals surface area contributed by atoms with Crippen molar-refractivity contribution in [2.24, 2.45) is 0 Å². The Bertz CT molecular complexity index is 746. The molecule has 4 nitrogen and oxygen atoms in total. The minimum atomic E-state index is 0.738. The minimum absolute atomic E-state index is 0.738.